The van der Waals surface area contributed by atoms with E-state index in [0.717, 1.165) is 18.6 Å². The van der Waals surface area contributed by atoms with Crippen LogP contribution < -0.4 is 10.1 Å². The molecular weight excluding hydrogens is 266 g/mol. The summed E-state index contributed by atoms with van der Waals surface area (Å²) in [6, 6.07) is 8.05. The van der Waals surface area contributed by atoms with Gasteiger partial charge in [-0.1, -0.05) is 32.9 Å². The highest BCUT2D eigenvalue weighted by Gasteiger charge is 2.29. The number of nitrogens with one attached hydrogen (secondary N) is 1. The fourth-order valence-corrected chi connectivity index (χ4v) is 2.09. The Hall–Kier alpha value is -1.55. The van der Waals surface area contributed by atoms with E-state index in [2.05, 4.69) is 32.2 Å². The zero-order chi connectivity index (χ0) is 15.5. The predicted molar refractivity (Wildman–Crippen MR) is 82.6 cm³/mol. The van der Waals surface area contributed by atoms with Crippen molar-refractivity contribution in [2.75, 3.05) is 13.7 Å². The van der Waals surface area contributed by atoms with Crippen LogP contribution >= 0.6 is 0 Å². The first-order chi connectivity index (χ1) is 9.90. The molecule has 0 aliphatic heterocycles. The maximum Gasteiger partial charge on any atom is 0.326 e. The second kappa shape index (κ2) is 6.48. The third-order valence-electron chi connectivity index (χ3n) is 3.62. The van der Waals surface area contributed by atoms with Crippen molar-refractivity contribution in [2.24, 2.45) is 0 Å². The highest BCUT2D eigenvalue weighted by atomic mass is 16.5. The van der Waals surface area contributed by atoms with E-state index in [0.29, 0.717) is 6.04 Å². The number of esters is 1. The van der Waals surface area contributed by atoms with Crippen LogP contribution in [0.25, 0.3) is 0 Å². The van der Waals surface area contributed by atoms with E-state index in [-0.39, 0.29) is 18.0 Å². The number of benzene rings is 1. The summed E-state index contributed by atoms with van der Waals surface area (Å²) in [4.78, 5) is 11.8. The molecule has 1 fully saturated rings. The molecule has 0 heterocycles. The van der Waals surface area contributed by atoms with Gasteiger partial charge in [0.15, 0.2) is 0 Å². The minimum absolute atomic E-state index is 0.0768. The van der Waals surface area contributed by atoms with E-state index < -0.39 is 6.04 Å². The fourth-order valence-electron chi connectivity index (χ4n) is 2.09. The largest absolute Gasteiger partial charge is 0.491 e. The summed E-state index contributed by atoms with van der Waals surface area (Å²) in [5.41, 5.74) is 1.29. The lowest BCUT2D eigenvalue weighted by molar-refractivity contribution is -0.144. The normalized spacial score (nSPS) is 16.4. The van der Waals surface area contributed by atoms with Gasteiger partial charge in [-0.05, 0) is 36.0 Å². The van der Waals surface area contributed by atoms with Crippen LogP contribution in [0.4, 0.5) is 0 Å². The molecule has 2 rings (SSSR count). The molecule has 1 aliphatic rings. The molecule has 1 aromatic carbocycles. The first kappa shape index (κ1) is 15.8. The molecule has 0 saturated heterocycles. The van der Waals surface area contributed by atoms with Crippen LogP contribution in [0, 0.1) is 0 Å². The van der Waals surface area contributed by atoms with Gasteiger partial charge in [0.1, 0.15) is 18.4 Å². The molecule has 0 spiro atoms. The SMILES string of the molecule is COC(=O)C(COc1cccc(C(C)(C)C)c1)NC1CC1. The molecular formula is C17H25NO3. The zero-order valence-corrected chi connectivity index (χ0v) is 13.3. The van der Waals surface area contributed by atoms with Crippen molar-refractivity contribution in [1.82, 2.24) is 5.32 Å². The quantitative estimate of drug-likeness (QED) is 0.819. The standard InChI is InChI=1S/C17H25NO3/c1-17(2,3)12-6-5-7-14(10-12)21-11-15(16(19)20-4)18-13-8-9-13/h5-7,10,13,15,18H,8-9,11H2,1-4H3. The third kappa shape index (κ3) is 4.74. The lowest BCUT2D eigenvalue weighted by Crippen LogP contribution is -2.43. The van der Waals surface area contributed by atoms with Crippen molar-refractivity contribution in [2.45, 2.75) is 51.1 Å². The van der Waals surface area contributed by atoms with Crippen molar-refractivity contribution >= 4 is 5.97 Å². The van der Waals surface area contributed by atoms with Crippen LogP contribution in [-0.2, 0) is 14.9 Å². The molecule has 4 nitrogen and oxygen atoms in total. The Labute approximate surface area is 126 Å². The summed E-state index contributed by atoms with van der Waals surface area (Å²) < 4.78 is 10.6. The van der Waals surface area contributed by atoms with Crippen LogP contribution in [0.5, 0.6) is 5.75 Å². The van der Waals surface area contributed by atoms with Gasteiger partial charge in [0.25, 0.3) is 0 Å². The van der Waals surface area contributed by atoms with E-state index in [4.69, 9.17) is 9.47 Å². The van der Waals surface area contributed by atoms with Crippen molar-refractivity contribution in [3.05, 3.63) is 29.8 Å². The van der Waals surface area contributed by atoms with Gasteiger partial charge < -0.3 is 9.47 Å². The summed E-state index contributed by atoms with van der Waals surface area (Å²) in [7, 11) is 1.41. The minimum atomic E-state index is -0.402. The van der Waals surface area contributed by atoms with Gasteiger partial charge in [0.05, 0.1) is 7.11 Å². The molecule has 0 radical (unpaired) electrons. The smallest absolute Gasteiger partial charge is 0.326 e. The molecule has 1 unspecified atom stereocenters. The Bertz CT molecular complexity index is 489. The van der Waals surface area contributed by atoms with Gasteiger partial charge in [0, 0.05) is 6.04 Å². The first-order valence-corrected chi connectivity index (χ1v) is 7.47. The third-order valence-corrected chi connectivity index (χ3v) is 3.62. The van der Waals surface area contributed by atoms with Crippen LogP contribution in [0.2, 0.25) is 0 Å². The Morgan fingerprint density at radius 1 is 1.38 bits per heavy atom. The maximum absolute atomic E-state index is 11.8. The summed E-state index contributed by atoms with van der Waals surface area (Å²) in [6.07, 6.45) is 2.24. The lowest BCUT2D eigenvalue weighted by atomic mass is 9.87. The van der Waals surface area contributed by atoms with Crippen LogP contribution in [0.1, 0.15) is 39.2 Å². The van der Waals surface area contributed by atoms with Crippen LogP contribution in [0.3, 0.4) is 0 Å². The molecule has 1 atom stereocenters. The lowest BCUT2D eigenvalue weighted by Gasteiger charge is -2.21. The monoisotopic (exact) mass is 291 g/mol. The maximum atomic E-state index is 11.8. The molecule has 1 saturated carbocycles. The van der Waals surface area contributed by atoms with Gasteiger partial charge in [-0.2, -0.15) is 0 Å². The number of carbonyl (C=O) groups excluding carboxylic acids is 1. The molecule has 0 aromatic heterocycles. The topological polar surface area (TPSA) is 47.6 Å². The first-order valence-electron chi connectivity index (χ1n) is 7.47. The van der Waals surface area contributed by atoms with Gasteiger partial charge in [0.2, 0.25) is 0 Å². The number of carbonyl (C=O) groups is 1. The Kier molecular flexibility index (Phi) is 4.88. The minimum Gasteiger partial charge on any atom is -0.491 e. The van der Waals surface area contributed by atoms with Crippen molar-refractivity contribution < 1.29 is 14.3 Å². The Balaban J connectivity index is 1.98. The van der Waals surface area contributed by atoms with Crippen molar-refractivity contribution in [3.63, 3.8) is 0 Å². The summed E-state index contributed by atoms with van der Waals surface area (Å²) in [6.45, 7) is 6.78. The molecule has 21 heavy (non-hydrogen) atoms. The molecule has 0 amide bonds. The molecule has 1 aromatic rings. The van der Waals surface area contributed by atoms with Crippen LogP contribution in [0.15, 0.2) is 24.3 Å². The van der Waals surface area contributed by atoms with E-state index >= 15 is 0 Å². The van der Waals surface area contributed by atoms with Gasteiger partial charge in [-0.15, -0.1) is 0 Å². The van der Waals surface area contributed by atoms with Crippen molar-refractivity contribution in [1.29, 1.82) is 0 Å². The van der Waals surface area contributed by atoms with E-state index in [1.54, 1.807) is 0 Å². The number of rotatable bonds is 6. The number of hydrogen-bond acceptors (Lipinski definition) is 4. The zero-order valence-electron chi connectivity index (χ0n) is 13.3. The summed E-state index contributed by atoms with van der Waals surface area (Å²) in [5.74, 6) is 0.516. The molecule has 1 aliphatic carbocycles. The number of methoxy groups -OCH3 is 1. The molecule has 4 heteroatoms. The molecule has 116 valence electrons. The highest BCUT2D eigenvalue weighted by molar-refractivity contribution is 5.76. The van der Waals surface area contributed by atoms with Gasteiger partial charge in [-0.25, -0.2) is 0 Å². The fraction of sp³-hybridized carbons (Fsp3) is 0.588. The Morgan fingerprint density at radius 3 is 2.67 bits per heavy atom. The highest BCUT2D eigenvalue weighted by Crippen LogP contribution is 2.26. The average molecular weight is 291 g/mol. The molecule has 0 bridgehead atoms. The van der Waals surface area contributed by atoms with E-state index in [1.165, 1.54) is 12.7 Å². The van der Waals surface area contributed by atoms with E-state index in [9.17, 15) is 4.79 Å². The van der Waals surface area contributed by atoms with Gasteiger partial charge >= 0.3 is 5.97 Å². The average Bonchev–Trinajstić information content (AvgIpc) is 3.26. The number of ether oxygens (including phenoxy) is 2. The summed E-state index contributed by atoms with van der Waals surface area (Å²) >= 11 is 0. The Morgan fingerprint density at radius 2 is 2.10 bits per heavy atom. The van der Waals surface area contributed by atoms with Gasteiger partial charge in [-0.3, -0.25) is 10.1 Å². The van der Waals surface area contributed by atoms with Crippen molar-refractivity contribution in [3.8, 4) is 5.75 Å². The predicted octanol–water partition coefficient (Wildman–Crippen LogP) is 2.66. The molecule has 1 N–H and O–H groups in total. The van der Waals surface area contributed by atoms with E-state index in [1.807, 2.05) is 18.2 Å². The summed E-state index contributed by atoms with van der Waals surface area (Å²) in [5, 5.41) is 3.26. The number of hydrogen-bond donors (Lipinski definition) is 1. The second-order valence-electron chi connectivity index (χ2n) is 6.61. The van der Waals surface area contributed by atoms with Crippen LogP contribution in [-0.4, -0.2) is 31.8 Å². The second-order valence-corrected chi connectivity index (χ2v) is 6.61.